The highest BCUT2D eigenvalue weighted by molar-refractivity contribution is 7.92. The Morgan fingerprint density at radius 3 is 2.41 bits per heavy atom. The van der Waals surface area contributed by atoms with Gasteiger partial charge in [0.15, 0.2) is 0 Å². The molecule has 29 heavy (non-hydrogen) atoms. The van der Waals surface area contributed by atoms with Crippen molar-refractivity contribution in [2.75, 3.05) is 23.8 Å². The molecule has 1 aromatic heterocycles. The monoisotopic (exact) mass is 411 g/mol. The molecule has 0 aliphatic heterocycles. The first-order valence-electron chi connectivity index (χ1n) is 8.78. The van der Waals surface area contributed by atoms with Crippen LogP contribution in [0.3, 0.4) is 0 Å². The number of carbonyl (C=O) groups is 1. The Balaban J connectivity index is 1.83. The molecule has 1 heterocycles. The molecule has 0 unspecified atom stereocenters. The van der Waals surface area contributed by atoms with Gasteiger partial charge in [0, 0.05) is 18.7 Å². The Kier molecular flexibility index (Phi) is 5.84. The zero-order chi connectivity index (χ0) is 21.0. The lowest BCUT2D eigenvalue weighted by atomic mass is 10.2. The van der Waals surface area contributed by atoms with E-state index in [0.717, 1.165) is 5.56 Å². The number of amides is 1. The fourth-order valence-electron chi connectivity index (χ4n) is 2.63. The van der Waals surface area contributed by atoms with Gasteiger partial charge in [0.1, 0.15) is 0 Å². The van der Waals surface area contributed by atoms with Crippen molar-refractivity contribution in [3.05, 3.63) is 78.0 Å². The average molecular weight is 411 g/mol. The summed E-state index contributed by atoms with van der Waals surface area (Å²) in [4.78, 5) is 16.6. The molecule has 0 aliphatic rings. The summed E-state index contributed by atoms with van der Waals surface area (Å²) in [6, 6.07) is 16.3. The van der Waals surface area contributed by atoms with Gasteiger partial charge in [-0.1, -0.05) is 23.8 Å². The van der Waals surface area contributed by atoms with Crippen LogP contribution in [-0.2, 0) is 10.0 Å². The highest BCUT2D eigenvalue weighted by Gasteiger charge is 2.22. The van der Waals surface area contributed by atoms with E-state index in [2.05, 4.69) is 10.3 Å². The highest BCUT2D eigenvalue weighted by Crippen LogP contribution is 2.23. The van der Waals surface area contributed by atoms with E-state index in [-0.39, 0.29) is 10.5 Å². The quantitative estimate of drug-likeness (QED) is 0.671. The number of hydrogen-bond donors (Lipinski definition) is 1. The average Bonchev–Trinajstić information content (AvgIpc) is 2.74. The predicted octanol–water partition coefficient (Wildman–Crippen LogP) is 3.48. The van der Waals surface area contributed by atoms with Crippen molar-refractivity contribution in [3.8, 4) is 5.88 Å². The molecule has 0 saturated carbocycles. The molecule has 0 atom stereocenters. The molecule has 0 saturated heterocycles. The summed E-state index contributed by atoms with van der Waals surface area (Å²) in [7, 11) is -0.836. The number of sulfonamides is 1. The van der Waals surface area contributed by atoms with Gasteiger partial charge in [-0.3, -0.25) is 9.10 Å². The minimum absolute atomic E-state index is 0.0288. The van der Waals surface area contributed by atoms with Gasteiger partial charge in [0.25, 0.3) is 15.9 Å². The van der Waals surface area contributed by atoms with Gasteiger partial charge in [-0.2, -0.15) is 0 Å². The van der Waals surface area contributed by atoms with E-state index in [1.807, 2.05) is 19.1 Å². The molecule has 7 nitrogen and oxygen atoms in total. The lowest BCUT2D eigenvalue weighted by Gasteiger charge is -2.20. The maximum atomic E-state index is 13.0. The van der Waals surface area contributed by atoms with Crippen LogP contribution in [0.25, 0.3) is 0 Å². The standard InChI is InChI=1S/C21H21N3O4S/c1-15-7-10-18(11-8-15)24(2)29(26,27)19-6-4-5-16(13-19)21(25)23-17-9-12-20(28-3)22-14-17/h4-14H,1-3H3,(H,23,25). The maximum absolute atomic E-state index is 13.0. The third-order valence-electron chi connectivity index (χ3n) is 4.36. The zero-order valence-corrected chi connectivity index (χ0v) is 17.1. The van der Waals surface area contributed by atoms with Gasteiger partial charge in [0.2, 0.25) is 5.88 Å². The molecule has 3 aromatic rings. The van der Waals surface area contributed by atoms with E-state index >= 15 is 0 Å². The summed E-state index contributed by atoms with van der Waals surface area (Å²) in [5.74, 6) is -0.0118. The van der Waals surface area contributed by atoms with Crippen molar-refractivity contribution < 1.29 is 17.9 Å². The van der Waals surface area contributed by atoms with Crippen LogP contribution in [0.5, 0.6) is 5.88 Å². The molecule has 0 spiro atoms. The smallest absolute Gasteiger partial charge is 0.264 e. The molecule has 3 rings (SSSR count). The van der Waals surface area contributed by atoms with E-state index < -0.39 is 15.9 Å². The number of hydrogen-bond acceptors (Lipinski definition) is 5. The van der Waals surface area contributed by atoms with E-state index in [1.54, 1.807) is 30.3 Å². The zero-order valence-electron chi connectivity index (χ0n) is 16.3. The van der Waals surface area contributed by atoms with Gasteiger partial charge in [-0.25, -0.2) is 13.4 Å². The van der Waals surface area contributed by atoms with Gasteiger partial charge in [-0.05, 0) is 43.3 Å². The van der Waals surface area contributed by atoms with E-state index in [4.69, 9.17) is 4.74 Å². The Morgan fingerprint density at radius 1 is 1.07 bits per heavy atom. The normalized spacial score (nSPS) is 11.0. The van der Waals surface area contributed by atoms with Gasteiger partial charge < -0.3 is 10.1 Å². The number of benzene rings is 2. The summed E-state index contributed by atoms with van der Waals surface area (Å²) < 4.78 is 32.2. The van der Waals surface area contributed by atoms with E-state index in [9.17, 15) is 13.2 Å². The van der Waals surface area contributed by atoms with Gasteiger partial charge >= 0.3 is 0 Å². The van der Waals surface area contributed by atoms with Crippen LogP contribution >= 0.6 is 0 Å². The number of pyridine rings is 1. The van der Waals surface area contributed by atoms with Crippen molar-refractivity contribution in [1.29, 1.82) is 0 Å². The number of ether oxygens (including phenoxy) is 1. The van der Waals surface area contributed by atoms with Gasteiger partial charge in [0.05, 0.1) is 29.6 Å². The molecule has 0 aliphatic carbocycles. The molecule has 0 fully saturated rings. The Morgan fingerprint density at radius 2 is 1.79 bits per heavy atom. The predicted molar refractivity (Wildman–Crippen MR) is 112 cm³/mol. The molecule has 1 amide bonds. The molecule has 0 bridgehead atoms. The number of rotatable bonds is 6. The number of anilines is 2. The Hall–Kier alpha value is -3.39. The van der Waals surface area contributed by atoms with Gasteiger partial charge in [-0.15, -0.1) is 0 Å². The van der Waals surface area contributed by atoms with Crippen LogP contribution < -0.4 is 14.4 Å². The van der Waals surface area contributed by atoms with Crippen molar-refractivity contribution >= 4 is 27.3 Å². The Bertz CT molecular complexity index is 1110. The number of aromatic nitrogens is 1. The molecule has 2 aromatic carbocycles. The first-order chi connectivity index (χ1) is 13.8. The Labute approximate surface area is 170 Å². The van der Waals surface area contributed by atoms with Crippen molar-refractivity contribution in [2.45, 2.75) is 11.8 Å². The number of aryl methyl sites for hydroxylation is 1. The van der Waals surface area contributed by atoms with E-state index in [0.29, 0.717) is 17.3 Å². The maximum Gasteiger partial charge on any atom is 0.264 e. The molecular formula is C21H21N3O4S. The van der Waals surface area contributed by atoms with Crippen LogP contribution in [0.2, 0.25) is 0 Å². The SMILES string of the molecule is COc1ccc(NC(=O)c2cccc(S(=O)(=O)N(C)c3ccc(C)cc3)c2)cn1. The fraction of sp³-hybridized carbons (Fsp3) is 0.143. The van der Waals surface area contributed by atoms with Crippen LogP contribution in [0.15, 0.2) is 71.8 Å². The van der Waals surface area contributed by atoms with Crippen LogP contribution in [0, 0.1) is 6.92 Å². The number of methoxy groups -OCH3 is 1. The number of carbonyl (C=O) groups excluding carboxylic acids is 1. The van der Waals surface area contributed by atoms with E-state index in [1.165, 1.54) is 42.9 Å². The van der Waals surface area contributed by atoms with Crippen LogP contribution in [-0.4, -0.2) is 33.5 Å². The van der Waals surface area contributed by atoms with Crippen molar-refractivity contribution in [3.63, 3.8) is 0 Å². The molecule has 8 heteroatoms. The second-order valence-electron chi connectivity index (χ2n) is 6.38. The number of nitrogens with one attached hydrogen (secondary N) is 1. The molecule has 0 radical (unpaired) electrons. The lowest BCUT2D eigenvalue weighted by Crippen LogP contribution is -2.26. The first kappa shape index (κ1) is 20.3. The summed E-state index contributed by atoms with van der Waals surface area (Å²) in [6.45, 7) is 1.93. The molecule has 1 N–H and O–H groups in total. The summed E-state index contributed by atoms with van der Waals surface area (Å²) in [6.07, 6.45) is 1.46. The molecule has 150 valence electrons. The first-order valence-corrected chi connectivity index (χ1v) is 10.2. The summed E-state index contributed by atoms with van der Waals surface area (Å²) in [5, 5.41) is 2.69. The van der Waals surface area contributed by atoms with Crippen molar-refractivity contribution in [2.24, 2.45) is 0 Å². The third kappa shape index (κ3) is 4.55. The minimum atomic E-state index is -3.82. The number of nitrogens with zero attached hydrogens (tertiary/aromatic N) is 2. The third-order valence-corrected chi connectivity index (χ3v) is 6.14. The summed E-state index contributed by atoms with van der Waals surface area (Å²) in [5.41, 5.74) is 2.26. The fourth-order valence-corrected chi connectivity index (χ4v) is 3.87. The lowest BCUT2D eigenvalue weighted by molar-refractivity contribution is 0.102. The highest BCUT2D eigenvalue weighted by atomic mass is 32.2. The molecular weight excluding hydrogens is 390 g/mol. The second kappa shape index (κ2) is 8.32. The van der Waals surface area contributed by atoms with Crippen molar-refractivity contribution in [1.82, 2.24) is 4.98 Å². The largest absolute Gasteiger partial charge is 0.481 e. The second-order valence-corrected chi connectivity index (χ2v) is 8.35. The van der Waals surface area contributed by atoms with Crippen LogP contribution in [0.1, 0.15) is 15.9 Å². The van der Waals surface area contributed by atoms with Crippen LogP contribution in [0.4, 0.5) is 11.4 Å². The minimum Gasteiger partial charge on any atom is -0.481 e. The summed E-state index contributed by atoms with van der Waals surface area (Å²) >= 11 is 0. The topological polar surface area (TPSA) is 88.6 Å².